The van der Waals surface area contributed by atoms with E-state index in [9.17, 15) is 0 Å². The molecule has 96 valence electrons. The van der Waals surface area contributed by atoms with E-state index >= 15 is 0 Å². The molecule has 0 unspecified atom stereocenters. The van der Waals surface area contributed by atoms with E-state index in [1.54, 1.807) is 0 Å². The number of benzene rings is 2. The Kier molecular flexibility index (Phi) is 3.02. The Balaban J connectivity index is 2.08. The minimum absolute atomic E-state index is 1.06. The van der Waals surface area contributed by atoms with Crippen LogP contribution in [0.5, 0.6) is 0 Å². The molecule has 0 aliphatic heterocycles. The van der Waals surface area contributed by atoms with Gasteiger partial charge < -0.3 is 0 Å². The van der Waals surface area contributed by atoms with Crippen molar-refractivity contribution in [2.45, 2.75) is 33.1 Å². The fraction of sp³-hybridized carbons (Fsp3) is 0.263. The lowest BCUT2D eigenvalue weighted by atomic mass is 9.96. The highest BCUT2D eigenvalue weighted by Gasteiger charge is 2.19. The van der Waals surface area contributed by atoms with E-state index in [1.807, 2.05) is 6.08 Å². The SMILES string of the molecule is C=CCCc1cc2c(cc1C)Cc1cc(C)ccc1-2. The molecule has 3 rings (SSSR count). The van der Waals surface area contributed by atoms with Crippen LogP contribution in [-0.2, 0) is 12.8 Å². The minimum atomic E-state index is 1.06. The van der Waals surface area contributed by atoms with Crippen LogP contribution < -0.4 is 0 Å². The molecule has 0 heterocycles. The lowest BCUT2D eigenvalue weighted by molar-refractivity contribution is 0.988. The van der Waals surface area contributed by atoms with Crippen molar-refractivity contribution in [2.24, 2.45) is 0 Å². The minimum Gasteiger partial charge on any atom is -0.103 e. The lowest BCUT2D eigenvalue weighted by Gasteiger charge is -2.09. The van der Waals surface area contributed by atoms with Gasteiger partial charge in [0.2, 0.25) is 0 Å². The molecule has 2 aromatic rings. The number of allylic oxidation sites excluding steroid dienone is 1. The second-order valence-electron chi connectivity index (χ2n) is 5.60. The highest BCUT2D eigenvalue weighted by molar-refractivity contribution is 5.78. The monoisotopic (exact) mass is 248 g/mol. The van der Waals surface area contributed by atoms with Crippen LogP contribution in [0.25, 0.3) is 11.1 Å². The van der Waals surface area contributed by atoms with Crippen molar-refractivity contribution >= 4 is 0 Å². The van der Waals surface area contributed by atoms with E-state index in [0.29, 0.717) is 0 Å². The third kappa shape index (κ3) is 2.12. The molecule has 19 heavy (non-hydrogen) atoms. The summed E-state index contributed by atoms with van der Waals surface area (Å²) in [5.74, 6) is 0. The van der Waals surface area contributed by atoms with E-state index in [4.69, 9.17) is 0 Å². The Hall–Kier alpha value is -1.82. The van der Waals surface area contributed by atoms with Gasteiger partial charge in [-0.1, -0.05) is 42.0 Å². The average molecular weight is 248 g/mol. The summed E-state index contributed by atoms with van der Waals surface area (Å²) >= 11 is 0. The van der Waals surface area contributed by atoms with Crippen LogP contribution in [-0.4, -0.2) is 0 Å². The fourth-order valence-electron chi connectivity index (χ4n) is 3.07. The first-order valence-corrected chi connectivity index (χ1v) is 7.02. The summed E-state index contributed by atoms with van der Waals surface area (Å²) in [7, 11) is 0. The van der Waals surface area contributed by atoms with Crippen molar-refractivity contribution in [1.82, 2.24) is 0 Å². The van der Waals surface area contributed by atoms with Gasteiger partial charge in [0.25, 0.3) is 0 Å². The number of hydrogen-bond acceptors (Lipinski definition) is 0. The van der Waals surface area contributed by atoms with Crippen LogP contribution in [0.3, 0.4) is 0 Å². The summed E-state index contributed by atoms with van der Waals surface area (Å²) in [5.41, 5.74) is 10.1. The van der Waals surface area contributed by atoms with Gasteiger partial charge in [0, 0.05) is 0 Å². The zero-order valence-electron chi connectivity index (χ0n) is 11.8. The molecule has 0 bridgehead atoms. The second-order valence-corrected chi connectivity index (χ2v) is 5.60. The van der Waals surface area contributed by atoms with Gasteiger partial charge in [-0.3, -0.25) is 0 Å². The van der Waals surface area contributed by atoms with Gasteiger partial charge in [-0.05, 0) is 66.5 Å². The van der Waals surface area contributed by atoms with Crippen LogP contribution in [0.2, 0.25) is 0 Å². The maximum atomic E-state index is 3.82. The fourth-order valence-corrected chi connectivity index (χ4v) is 3.07. The zero-order chi connectivity index (χ0) is 13.4. The molecule has 1 aliphatic carbocycles. The van der Waals surface area contributed by atoms with Crippen molar-refractivity contribution in [3.8, 4) is 11.1 Å². The highest BCUT2D eigenvalue weighted by Crippen LogP contribution is 2.38. The molecule has 0 saturated carbocycles. The third-order valence-corrected chi connectivity index (χ3v) is 4.11. The summed E-state index contributed by atoms with van der Waals surface area (Å²) in [6.07, 6.45) is 5.25. The molecule has 0 fully saturated rings. The van der Waals surface area contributed by atoms with Gasteiger partial charge in [-0.25, -0.2) is 0 Å². The molecule has 0 saturated heterocycles. The lowest BCUT2D eigenvalue weighted by Crippen LogP contribution is -1.92. The maximum Gasteiger partial charge on any atom is -0.00133 e. The van der Waals surface area contributed by atoms with Gasteiger partial charge in [-0.2, -0.15) is 0 Å². The summed E-state index contributed by atoms with van der Waals surface area (Å²) in [6.45, 7) is 8.22. The molecule has 1 aliphatic rings. The highest BCUT2D eigenvalue weighted by atomic mass is 14.2. The van der Waals surface area contributed by atoms with Crippen molar-refractivity contribution in [2.75, 3.05) is 0 Å². The average Bonchev–Trinajstić information content (AvgIpc) is 2.72. The topological polar surface area (TPSA) is 0 Å². The number of fused-ring (bicyclic) bond motifs is 3. The molecule has 0 amide bonds. The van der Waals surface area contributed by atoms with E-state index in [2.05, 4.69) is 50.8 Å². The van der Waals surface area contributed by atoms with Crippen molar-refractivity contribution in [1.29, 1.82) is 0 Å². The Morgan fingerprint density at radius 3 is 2.63 bits per heavy atom. The predicted molar refractivity (Wildman–Crippen MR) is 82.7 cm³/mol. The van der Waals surface area contributed by atoms with Crippen molar-refractivity contribution in [3.63, 3.8) is 0 Å². The van der Waals surface area contributed by atoms with E-state index in [1.165, 1.54) is 38.9 Å². The van der Waals surface area contributed by atoms with E-state index in [-0.39, 0.29) is 0 Å². The van der Waals surface area contributed by atoms with Crippen LogP contribution in [0, 0.1) is 13.8 Å². The Morgan fingerprint density at radius 2 is 1.84 bits per heavy atom. The second kappa shape index (κ2) is 4.70. The third-order valence-electron chi connectivity index (χ3n) is 4.11. The molecule has 0 spiro atoms. The first kappa shape index (κ1) is 12.2. The molecular weight excluding hydrogens is 228 g/mol. The van der Waals surface area contributed by atoms with Crippen LogP contribution in [0.1, 0.15) is 34.2 Å². The van der Waals surface area contributed by atoms with Gasteiger partial charge in [-0.15, -0.1) is 6.58 Å². The first-order valence-electron chi connectivity index (χ1n) is 7.02. The summed E-state index contributed by atoms with van der Waals surface area (Å²) in [5, 5.41) is 0. The quantitative estimate of drug-likeness (QED) is 0.573. The van der Waals surface area contributed by atoms with Crippen LogP contribution in [0.15, 0.2) is 43.0 Å². The van der Waals surface area contributed by atoms with E-state index in [0.717, 1.165) is 19.3 Å². The maximum absolute atomic E-state index is 3.82. The molecule has 0 atom stereocenters. The molecule has 0 radical (unpaired) electrons. The summed E-state index contributed by atoms with van der Waals surface area (Å²) in [4.78, 5) is 0. The Labute approximate surface area is 115 Å². The molecule has 0 nitrogen and oxygen atoms in total. The van der Waals surface area contributed by atoms with Gasteiger partial charge in [0.05, 0.1) is 0 Å². The largest absolute Gasteiger partial charge is 0.103 e. The zero-order valence-corrected chi connectivity index (χ0v) is 11.8. The van der Waals surface area contributed by atoms with Crippen LogP contribution in [0.4, 0.5) is 0 Å². The first-order chi connectivity index (χ1) is 9.19. The Bertz CT molecular complexity index is 647. The van der Waals surface area contributed by atoms with Gasteiger partial charge >= 0.3 is 0 Å². The molecular formula is C19H20. The molecule has 0 N–H and O–H groups in total. The van der Waals surface area contributed by atoms with Crippen molar-refractivity contribution < 1.29 is 0 Å². The Morgan fingerprint density at radius 1 is 1.05 bits per heavy atom. The van der Waals surface area contributed by atoms with Gasteiger partial charge in [0.15, 0.2) is 0 Å². The molecule has 0 heteroatoms. The normalized spacial score (nSPS) is 12.1. The number of aryl methyl sites for hydroxylation is 3. The standard InChI is InChI=1S/C19H20/c1-4-5-6-15-12-19-17(10-14(15)3)11-16-9-13(2)7-8-18(16)19/h4,7-10,12H,1,5-6,11H2,2-3H3. The number of hydrogen-bond donors (Lipinski definition) is 0. The molecule has 2 aromatic carbocycles. The summed E-state index contributed by atoms with van der Waals surface area (Å²) in [6, 6.07) is 11.6. The smallest absolute Gasteiger partial charge is 0.00133 e. The summed E-state index contributed by atoms with van der Waals surface area (Å²) < 4.78 is 0. The molecule has 0 aromatic heterocycles. The van der Waals surface area contributed by atoms with Gasteiger partial charge in [0.1, 0.15) is 0 Å². The van der Waals surface area contributed by atoms with E-state index < -0.39 is 0 Å². The van der Waals surface area contributed by atoms with Crippen molar-refractivity contribution in [3.05, 3.63) is 70.8 Å². The predicted octanol–water partition coefficient (Wildman–Crippen LogP) is 4.99. The number of rotatable bonds is 3. The van der Waals surface area contributed by atoms with Crippen LogP contribution >= 0.6 is 0 Å².